The maximum atomic E-state index is 12.8. The fourth-order valence-electron chi connectivity index (χ4n) is 2.66. The molecule has 1 aliphatic rings. The van der Waals surface area contributed by atoms with Gasteiger partial charge < -0.3 is 10.1 Å². The summed E-state index contributed by atoms with van der Waals surface area (Å²) in [6, 6.07) is 5.01. The van der Waals surface area contributed by atoms with Crippen molar-refractivity contribution in [3.8, 4) is 5.75 Å². The number of benzene rings is 1. The molecule has 136 valence electrons. The first kappa shape index (κ1) is 19.0. The Bertz CT molecular complexity index is 684. The Kier molecular flexibility index (Phi) is 5.82. The lowest BCUT2D eigenvalue weighted by Crippen LogP contribution is -2.52. The molecule has 0 aliphatic carbocycles. The number of nitrogens with zero attached hydrogens (tertiary/aromatic N) is 1. The smallest absolute Gasteiger partial charge is 0.268 e. The van der Waals surface area contributed by atoms with Gasteiger partial charge in [-0.05, 0) is 44.4 Å². The van der Waals surface area contributed by atoms with E-state index in [0.29, 0.717) is 17.0 Å². The van der Waals surface area contributed by atoms with Gasteiger partial charge in [0.1, 0.15) is 12.3 Å². The minimum atomic E-state index is -0.646. The second-order valence-electron chi connectivity index (χ2n) is 6.82. The molecular weight excluding hydrogens is 320 g/mol. The van der Waals surface area contributed by atoms with Crippen LogP contribution in [0.3, 0.4) is 0 Å². The molecule has 0 aromatic heterocycles. The SMILES string of the molecule is CCC(C)NC(=O)CN1C(=O)C(C(C)C)Oc2ccc(C(C)=O)cc21. The second kappa shape index (κ2) is 7.68. The van der Waals surface area contributed by atoms with Gasteiger partial charge in [-0.25, -0.2) is 0 Å². The molecule has 0 saturated heterocycles. The van der Waals surface area contributed by atoms with Crippen LogP contribution in [0.25, 0.3) is 0 Å². The van der Waals surface area contributed by atoms with Gasteiger partial charge in [0, 0.05) is 11.6 Å². The number of rotatable bonds is 6. The van der Waals surface area contributed by atoms with Crippen LogP contribution < -0.4 is 15.0 Å². The van der Waals surface area contributed by atoms with E-state index in [1.165, 1.54) is 11.8 Å². The summed E-state index contributed by atoms with van der Waals surface area (Å²) in [5.74, 6) is -0.119. The van der Waals surface area contributed by atoms with Crippen molar-refractivity contribution in [1.29, 1.82) is 0 Å². The third-order valence-corrected chi connectivity index (χ3v) is 4.35. The first-order chi connectivity index (χ1) is 11.7. The summed E-state index contributed by atoms with van der Waals surface area (Å²) in [6.45, 7) is 9.06. The third-order valence-electron chi connectivity index (χ3n) is 4.35. The predicted octanol–water partition coefficient (Wildman–Crippen LogP) is 2.55. The van der Waals surface area contributed by atoms with Crippen LogP contribution in [-0.2, 0) is 9.59 Å². The highest BCUT2D eigenvalue weighted by molar-refractivity contribution is 6.05. The van der Waals surface area contributed by atoms with Gasteiger partial charge in [-0.2, -0.15) is 0 Å². The summed E-state index contributed by atoms with van der Waals surface area (Å²) in [4.78, 5) is 38.3. The number of hydrogen-bond acceptors (Lipinski definition) is 4. The van der Waals surface area contributed by atoms with Crippen molar-refractivity contribution in [2.45, 2.75) is 53.2 Å². The van der Waals surface area contributed by atoms with E-state index in [1.54, 1.807) is 18.2 Å². The third kappa shape index (κ3) is 4.18. The van der Waals surface area contributed by atoms with E-state index in [-0.39, 0.29) is 36.1 Å². The van der Waals surface area contributed by atoms with E-state index in [4.69, 9.17) is 4.74 Å². The van der Waals surface area contributed by atoms with E-state index in [2.05, 4.69) is 5.32 Å². The van der Waals surface area contributed by atoms with Crippen LogP contribution in [0.4, 0.5) is 5.69 Å². The van der Waals surface area contributed by atoms with Gasteiger partial charge in [0.2, 0.25) is 5.91 Å². The van der Waals surface area contributed by atoms with Crippen molar-refractivity contribution < 1.29 is 19.1 Å². The molecular formula is C19H26N2O4. The number of hydrogen-bond donors (Lipinski definition) is 1. The number of nitrogens with one attached hydrogen (secondary N) is 1. The Morgan fingerprint density at radius 1 is 1.28 bits per heavy atom. The summed E-state index contributed by atoms with van der Waals surface area (Å²) in [7, 11) is 0. The summed E-state index contributed by atoms with van der Waals surface area (Å²) >= 11 is 0. The Morgan fingerprint density at radius 3 is 2.52 bits per heavy atom. The molecule has 2 unspecified atom stereocenters. The van der Waals surface area contributed by atoms with E-state index in [1.807, 2.05) is 27.7 Å². The molecule has 1 N–H and O–H groups in total. The van der Waals surface area contributed by atoms with E-state index < -0.39 is 6.10 Å². The Labute approximate surface area is 148 Å². The quantitative estimate of drug-likeness (QED) is 0.803. The molecule has 0 fully saturated rings. The van der Waals surface area contributed by atoms with Crippen molar-refractivity contribution in [3.63, 3.8) is 0 Å². The summed E-state index contributed by atoms with van der Waals surface area (Å²) in [5, 5.41) is 2.87. The molecule has 6 nitrogen and oxygen atoms in total. The Balaban J connectivity index is 2.37. The molecule has 1 heterocycles. The summed E-state index contributed by atoms with van der Waals surface area (Å²) < 4.78 is 5.82. The van der Waals surface area contributed by atoms with Crippen molar-refractivity contribution in [2.75, 3.05) is 11.4 Å². The molecule has 2 atom stereocenters. The fourth-order valence-corrected chi connectivity index (χ4v) is 2.66. The van der Waals surface area contributed by atoms with Gasteiger partial charge in [0.15, 0.2) is 11.9 Å². The molecule has 0 bridgehead atoms. The number of carbonyl (C=O) groups excluding carboxylic acids is 3. The molecule has 25 heavy (non-hydrogen) atoms. The van der Waals surface area contributed by atoms with E-state index in [0.717, 1.165) is 6.42 Å². The number of anilines is 1. The van der Waals surface area contributed by atoms with Gasteiger partial charge in [-0.1, -0.05) is 20.8 Å². The highest BCUT2D eigenvalue weighted by Gasteiger charge is 2.37. The van der Waals surface area contributed by atoms with Crippen molar-refractivity contribution in [1.82, 2.24) is 5.32 Å². The normalized spacial score (nSPS) is 17.8. The lowest BCUT2D eigenvalue weighted by Gasteiger charge is -2.36. The molecule has 1 aliphatic heterocycles. The predicted molar refractivity (Wildman–Crippen MR) is 95.9 cm³/mol. The number of fused-ring (bicyclic) bond motifs is 1. The molecule has 6 heteroatoms. The highest BCUT2D eigenvalue weighted by Crippen LogP contribution is 2.36. The second-order valence-corrected chi connectivity index (χ2v) is 6.82. The fraction of sp³-hybridized carbons (Fsp3) is 0.526. The molecule has 1 aromatic rings. The highest BCUT2D eigenvalue weighted by atomic mass is 16.5. The molecule has 0 spiro atoms. The zero-order valence-electron chi connectivity index (χ0n) is 15.5. The maximum absolute atomic E-state index is 12.8. The minimum Gasteiger partial charge on any atom is -0.478 e. The van der Waals surface area contributed by atoms with Crippen LogP contribution in [-0.4, -0.2) is 36.3 Å². The number of Topliss-reactive ketones (excluding diaryl/α,β-unsaturated/α-hetero) is 1. The van der Waals surface area contributed by atoms with Gasteiger partial charge >= 0.3 is 0 Å². The first-order valence-corrected chi connectivity index (χ1v) is 8.67. The number of amides is 2. The van der Waals surface area contributed by atoms with Crippen molar-refractivity contribution in [2.24, 2.45) is 5.92 Å². The van der Waals surface area contributed by atoms with Crippen LogP contribution in [0.15, 0.2) is 18.2 Å². The molecule has 0 radical (unpaired) electrons. The van der Waals surface area contributed by atoms with Gasteiger partial charge in [-0.3, -0.25) is 19.3 Å². The monoisotopic (exact) mass is 346 g/mol. The first-order valence-electron chi connectivity index (χ1n) is 8.67. The molecule has 1 aromatic carbocycles. The minimum absolute atomic E-state index is 0.0340. The van der Waals surface area contributed by atoms with Gasteiger partial charge in [-0.15, -0.1) is 0 Å². The van der Waals surface area contributed by atoms with Crippen molar-refractivity contribution >= 4 is 23.3 Å². The number of carbonyl (C=O) groups is 3. The topological polar surface area (TPSA) is 75.7 Å². The van der Waals surface area contributed by atoms with E-state index in [9.17, 15) is 14.4 Å². The van der Waals surface area contributed by atoms with E-state index >= 15 is 0 Å². The zero-order chi connectivity index (χ0) is 18.7. The van der Waals surface area contributed by atoms with Crippen LogP contribution in [0.1, 0.15) is 51.4 Å². The Morgan fingerprint density at radius 2 is 1.96 bits per heavy atom. The van der Waals surface area contributed by atoms with Gasteiger partial charge in [0.25, 0.3) is 5.91 Å². The van der Waals surface area contributed by atoms with Gasteiger partial charge in [0.05, 0.1) is 5.69 Å². The van der Waals surface area contributed by atoms with Crippen LogP contribution in [0, 0.1) is 5.92 Å². The largest absolute Gasteiger partial charge is 0.478 e. The number of ether oxygens (including phenoxy) is 1. The lowest BCUT2D eigenvalue weighted by molar-refractivity contribution is -0.130. The summed E-state index contributed by atoms with van der Waals surface area (Å²) in [6.07, 6.45) is 0.162. The summed E-state index contributed by atoms with van der Waals surface area (Å²) in [5.41, 5.74) is 0.944. The van der Waals surface area contributed by atoms with Crippen molar-refractivity contribution in [3.05, 3.63) is 23.8 Å². The maximum Gasteiger partial charge on any atom is 0.268 e. The lowest BCUT2D eigenvalue weighted by atomic mass is 10.0. The average Bonchev–Trinajstić information content (AvgIpc) is 2.56. The van der Waals surface area contributed by atoms with Crippen LogP contribution >= 0.6 is 0 Å². The molecule has 2 rings (SSSR count). The number of ketones is 1. The molecule has 0 saturated carbocycles. The Hall–Kier alpha value is -2.37. The van der Waals surface area contributed by atoms with Crippen LogP contribution in [0.2, 0.25) is 0 Å². The van der Waals surface area contributed by atoms with Crippen LogP contribution in [0.5, 0.6) is 5.75 Å². The zero-order valence-corrected chi connectivity index (χ0v) is 15.5. The molecule has 2 amide bonds. The standard InChI is InChI=1S/C19H26N2O4/c1-6-12(4)20-17(23)10-21-15-9-14(13(5)22)7-8-16(15)25-18(11(2)3)19(21)24/h7-9,11-12,18H,6,10H2,1-5H3,(H,20,23). The average molecular weight is 346 g/mol.